The quantitative estimate of drug-likeness (QED) is 0.104. The molecule has 3 aromatic carbocycles. The van der Waals surface area contributed by atoms with Crippen LogP contribution in [0.15, 0.2) is 62.8 Å². The normalized spacial score (nSPS) is 31.3. The van der Waals surface area contributed by atoms with Crippen molar-refractivity contribution >= 4 is 82.1 Å². The van der Waals surface area contributed by atoms with Gasteiger partial charge in [-0.05, 0) is 92.9 Å². The predicted octanol–water partition coefficient (Wildman–Crippen LogP) is 3.33. The van der Waals surface area contributed by atoms with Crippen molar-refractivity contribution in [3.8, 4) is 17.2 Å². The summed E-state index contributed by atoms with van der Waals surface area (Å²) in [5, 5.41) is 89.1. The number of methoxy groups -OCH3 is 1. The average molecular weight is 1330 g/mol. The number of aliphatic imine (C=N–C) groups is 1. The Morgan fingerprint density at radius 3 is 2.26 bits per heavy atom. The van der Waals surface area contributed by atoms with Gasteiger partial charge in [0.2, 0.25) is 23.5 Å². The molecule has 1 aromatic heterocycles. The topological polar surface area (TPSA) is 411 Å². The summed E-state index contributed by atoms with van der Waals surface area (Å²) in [6, 6.07) is 7.15. The lowest BCUT2D eigenvalue weighted by Crippen LogP contribution is -2.62. The second-order valence-electron chi connectivity index (χ2n) is 24.8. The number of rotatable bonds is 7. The van der Waals surface area contributed by atoms with Gasteiger partial charge in [0, 0.05) is 65.6 Å². The summed E-state index contributed by atoms with van der Waals surface area (Å²) in [4.78, 5) is 105. The molecule has 0 bridgehead atoms. The lowest BCUT2D eigenvalue weighted by atomic mass is 9.45. The maximum Gasteiger partial charge on any atom is 0.325 e. The number of carbonyl (C=O) groups is 6. The van der Waals surface area contributed by atoms with Crippen molar-refractivity contribution in [1.82, 2.24) is 20.2 Å². The summed E-state index contributed by atoms with van der Waals surface area (Å²) in [5.41, 5.74) is 1.07. The number of ether oxygens (including phenoxy) is 3. The fourth-order valence-corrected chi connectivity index (χ4v) is 15.7. The van der Waals surface area contributed by atoms with E-state index in [0.29, 0.717) is 54.6 Å². The number of fused-ring (bicyclic) bond motifs is 10. The first kappa shape index (κ1) is 68.6. The van der Waals surface area contributed by atoms with Crippen LogP contribution < -0.4 is 27.0 Å². The Balaban J connectivity index is 0.000000161. The number of guanidine groups is 1. The van der Waals surface area contributed by atoms with Crippen molar-refractivity contribution in [3.05, 3.63) is 124 Å². The molecule has 0 radical (unpaired) electrons. The molecule has 91 heavy (non-hydrogen) atoms. The number of hydrogen-bond donors (Lipinski definition) is 12. The maximum atomic E-state index is 13.6. The lowest BCUT2D eigenvalue weighted by molar-refractivity contribution is -0.247. The third-order valence-electron chi connectivity index (χ3n) is 19.9. The van der Waals surface area contributed by atoms with E-state index in [1.807, 2.05) is 16.8 Å². The van der Waals surface area contributed by atoms with Crippen molar-refractivity contribution in [2.45, 2.75) is 139 Å². The fraction of sp³-hybridized carbons (Fsp3) is 0.500. The number of H-pyrrole nitrogens is 2. The van der Waals surface area contributed by atoms with Crippen LogP contribution in [0.5, 0.6) is 17.2 Å². The molecule has 5 fully saturated rings. The van der Waals surface area contributed by atoms with Crippen LogP contribution in [0.1, 0.15) is 133 Å². The lowest BCUT2D eigenvalue weighted by Gasteiger charge is -2.60. The fourth-order valence-electron chi connectivity index (χ4n) is 15.3. The number of hydrogen-bond acceptors (Lipinski definition) is 22. The largest absolute Gasteiger partial charge is 0.507 e. The molecule has 3 saturated carbocycles. The Hall–Kier alpha value is -6.79. The van der Waals surface area contributed by atoms with Gasteiger partial charge >= 0.3 is 5.69 Å². The van der Waals surface area contributed by atoms with Crippen molar-refractivity contribution in [2.24, 2.45) is 39.3 Å². The van der Waals surface area contributed by atoms with Crippen LogP contribution in [-0.2, 0) is 41.6 Å². The number of halogens is 4. The molecule has 490 valence electrons. The van der Waals surface area contributed by atoms with Gasteiger partial charge in [-0.2, -0.15) is 4.39 Å². The van der Waals surface area contributed by atoms with Gasteiger partial charge in [0.25, 0.3) is 5.56 Å². The number of nitrogens with one attached hydrogen (secondary N) is 3. The zero-order chi connectivity index (χ0) is 65.4. The Morgan fingerprint density at radius 1 is 0.901 bits per heavy atom. The van der Waals surface area contributed by atoms with E-state index in [0.717, 1.165) is 36.9 Å². The zero-order valence-electron chi connectivity index (χ0n) is 49.7. The molecule has 13 rings (SSSR count). The monoisotopic (exact) mass is 1330 g/mol. The average Bonchev–Trinajstić information content (AvgIpc) is 1.70. The number of aliphatic hydroxyl groups is 6. The number of aromatic hydroxyl groups is 2. The van der Waals surface area contributed by atoms with Crippen LogP contribution in [0.4, 0.5) is 10.1 Å². The van der Waals surface area contributed by atoms with Crippen molar-refractivity contribution in [1.29, 1.82) is 0 Å². The minimum absolute atomic E-state index is 0. The summed E-state index contributed by atoms with van der Waals surface area (Å²) in [6.45, 7) is 4.90. The van der Waals surface area contributed by atoms with E-state index in [1.54, 1.807) is 30.1 Å². The van der Waals surface area contributed by atoms with E-state index in [9.17, 15) is 83.6 Å². The Labute approximate surface area is 534 Å². The number of nitrogens with zero attached hydrogens (tertiary/aromatic N) is 2. The molecule has 29 heteroatoms. The van der Waals surface area contributed by atoms with Crippen molar-refractivity contribution in [3.63, 3.8) is 0 Å². The second-order valence-corrected chi connectivity index (χ2v) is 25.6. The van der Waals surface area contributed by atoms with E-state index < -0.39 is 142 Å². The molecule has 0 unspecified atom stereocenters. The SMILES string of the molecule is COc1cccc2c1C(=O)c1c(O)c3c(c(O)c1C2=O)C[C@@](O)(C(=O)CO)C[C@@H]3O[C@H]1C[C@H](N)[C@H](O)[C@H](C)O1.C[C@]12CCC(=O)C=C1CC[C@@H]1[C@@H]2[C@@H](O)C[C@@]2(C)[C@H]1CC[C@]2(O)C(=O)CO.Cl.O=C1CN2Cc3c(ccc(Cl)c3Cl)N=C2N1.O=c1[nH]cc(F)c(=O)[nH]1. The van der Waals surface area contributed by atoms with Crippen LogP contribution in [0.2, 0.25) is 10.0 Å². The number of aliphatic hydroxyl groups excluding tert-OH is 4. The summed E-state index contributed by atoms with van der Waals surface area (Å²) in [6.07, 6.45) is 1.32. The highest BCUT2D eigenvalue weighted by molar-refractivity contribution is 6.42. The molecule has 2 saturated heterocycles. The Kier molecular flexibility index (Phi) is 19.6. The van der Waals surface area contributed by atoms with Gasteiger partial charge in [-0.25, -0.2) is 9.79 Å². The van der Waals surface area contributed by atoms with Crippen LogP contribution >= 0.6 is 35.6 Å². The number of allylic oxidation sites excluding steroid dienone is 1. The number of amides is 1. The molecular formula is C62H70Cl3FN6O19. The van der Waals surface area contributed by atoms with Gasteiger partial charge in [0.1, 0.15) is 48.2 Å². The van der Waals surface area contributed by atoms with E-state index in [2.05, 4.69) is 17.2 Å². The number of ketones is 5. The minimum atomic E-state index is -2.24. The van der Waals surface area contributed by atoms with Gasteiger partial charge in [-0.15, -0.1) is 12.4 Å². The smallest absolute Gasteiger partial charge is 0.325 e. The summed E-state index contributed by atoms with van der Waals surface area (Å²) in [5.74, 6) is -4.08. The number of Topliss-reactive ketones (excluding diaryl/α,β-unsaturated/α-hetero) is 2. The van der Waals surface area contributed by atoms with Crippen molar-refractivity contribution in [2.75, 3.05) is 26.9 Å². The minimum Gasteiger partial charge on any atom is -0.507 e. The number of phenols is 2. The highest BCUT2D eigenvalue weighted by atomic mass is 35.5. The predicted molar refractivity (Wildman–Crippen MR) is 324 cm³/mol. The van der Waals surface area contributed by atoms with Crippen LogP contribution in [0, 0.1) is 34.4 Å². The van der Waals surface area contributed by atoms with Gasteiger partial charge < -0.3 is 70.7 Å². The van der Waals surface area contributed by atoms with Crippen molar-refractivity contribution < 1.29 is 88.2 Å². The summed E-state index contributed by atoms with van der Waals surface area (Å²) in [7, 11) is 1.32. The molecule has 4 heterocycles. The zero-order valence-corrected chi connectivity index (χ0v) is 52.0. The van der Waals surface area contributed by atoms with Gasteiger partial charge in [-0.1, -0.05) is 54.8 Å². The number of carbonyl (C=O) groups excluding carboxylic acids is 6. The van der Waals surface area contributed by atoms with E-state index in [-0.39, 0.29) is 81.7 Å². The molecule has 3 aliphatic heterocycles. The van der Waals surface area contributed by atoms with E-state index >= 15 is 0 Å². The van der Waals surface area contributed by atoms with E-state index in [4.69, 9.17) is 43.1 Å². The van der Waals surface area contributed by atoms with Gasteiger partial charge in [0.05, 0.1) is 70.5 Å². The number of phenolic OH excluding ortho intramolecular Hbond substituents is 2. The third kappa shape index (κ3) is 12.0. The van der Waals surface area contributed by atoms with Crippen LogP contribution in [0.3, 0.4) is 0 Å². The summed E-state index contributed by atoms with van der Waals surface area (Å²) < 4.78 is 29.0. The molecule has 6 aliphatic carbocycles. The first-order valence-electron chi connectivity index (χ1n) is 29.3. The molecule has 1 amide bonds. The highest BCUT2D eigenvalue weighted by Gasteiger charge is 2.68. The number of aromatic nitrogens is 2. The standard InChI is InChI=1S/C27H29NO11.C21H30O5.C10H7Cl2N3O.C4H3FN2O2.ClH/c1-10-22(31)13(28)6-17(38-10)39-15-8-27(36,16(30)9-29)7-12-19(15)26(35)21-20(24(12)33)23(32)11-4-3-5-14(37-2)18(11)25(21)34;1-19-7-5-13(23)9-12(19)3-4-14-15-6-8-21(26,17(25)11-22)20(15,2)10-16(24)18(14)19;11-6-1-2-7-5(9(6)12)3-15-4-8(16)14-10(15)13-7;5-2-1-6-4(9)7-3(2)8;/h3-5,10,13,15,17,22,29,31,33,35-36H,6-9,28H2,1-2H3;9,14-16,18,22,24,26H,3-8,10-11H2,1-2H3;1-2H,3-4H2,(H,13,14,16);1H,(H2,6,7,8,9);1H/t10-,13-,15-,17-,22+,27-;14-,15-,16-,18+,19-,20-,21-;;;/m00.../s1. The molecule has 13 N–H and O–H groups in total. The first-order chi connectivity index (χ1) is 42.4. The molecule has 9 aliphatic rings. The summed E-state index contributed by atoms with van der Waals surface area (Å²) >= 11 is 12.0. The maximum absolute atomic E-state index is 13.6. The van der Waals surface area contributed by atoms with Gasteiger partial charge in [0.15, 0.2) is 29.4 Å². The Morgan fingerprint density at radius 2 is 1.60 bits per heavy atom. The molecule has 13 atom stereocenters. The molecule has 4 aromatic rings. The molecule has 0 spiro atoms. The number of aromatic amines is 2. The number of nitrogens with two attached hydrogens (primary N) is 1. The number of benzene rings is 3. The van der Waals surface area contributed by atoms with Crippen LogP contribution in [0.25, 0.3) is 0 Å². The van der Waals surface area contributed by atoms with Gasteiger partial charge in [-0.3, -0.25) is 43.9 Å². The van der Waals surface area contributed by atoms with E-state index in [1.165, 1.54) is 30.9 Å². The van der Waals surface area contributed by atoms with Crippen LogP contribution in [-0.4, -0.2) is 165 Å². The Bertz CT molecular complexity index is 3830. The third-order valence-corrected chi connectivity index (χ3v) is 20.7. The highest BCUT2D eigenvalue weighted by Crippen LogP contribution is 2.68. The second kappa shape index (κ2) is 26.0. The first-order valence-corrected chi connectivity index (χ1v) is 30.1. The molecular weight excluding hydrogens is 1260 g/mol. The molecule has 25 nitrogen and oxygen atoms in total.